The molecule has 0 bridgehead atoms. The number of ether oxygens (including phenoxy) is 1. The smallest absolute Gasteiger partial charge is 0.294 e. The van der Waals surface area contributed by atoms with E-state index in [1.54, 1.807) is 24.3 Å². The van der Waals surface area contributed by atoms with Crippen LogP contribution in [-0.2, 0) is 11.4 Å². The molecule has 7 heteroatoms. The van der Waals surface area contributed by atoms with Crippen LogP contribution in [0.4, 0.5) is 11.4 Å². The quantitative estimate of drug-likeness (QED) is 0.709. The third-order valence-corrected chi connectivity index (χ3v) is 3.38. The van der Waals surface area contributed by atoms with Crippen molar-refractivity contribution in [3.8, 4) is 5.88 Å². The molecule has 0 aliphatic carbocycles. The molecule has 0 spiro atoms. The van der Waals surface area contributed by atoms with Crippen LogP contribution < -0.4 is 15.4 Å². The molecule has 0 saturated heterocycles. The number of aromatic nitrogens is 1. The fraction of sp³-hybridized carbons (Fsp3) is 0.105. The maximum absolute atomic E-state index is 12.2. The topological polar surface area (TPSA) is 93.5 Å². The van der Waals surface area contributed by atoms with Crippen molar-refractivity contribution in [1.82, 2.24) is 5.16 Å². The van der Waals surface area contributed by atoms with Crippen molar-refractivity contribution in [2.45, 2.75) is 13.5 Å². The molecule has 132 valence electrons. The fourth-order valence-corrected chi connectivity index (χ4v) is 2.24. The van der Waals surface area contributed by atoms with Crippen molar-refractivity contribution in [2.24, 2.45) is 0 Å². The average molecular weight is 351 g/mol. The van der Waals surface area contributed by atoms with Gasteiger partial charge in [0.05, 0.1) is 6.07 Å². The zero-order valence-corrected chi connectivity index (χ0v) is 14.1. The molecule has 0 aliphatic heterocycles. The summed E-state index contributed by atoms with van der Waals surface area (Å²) in [7, 11) is 0. The van der Waals surface area contributed by atoms with Gasteiger partial charge in [-0.15, -0.1) is 0 Å². The molecule has 0 saturated carbocycles. The summed E-state index contributed by atoms with van der Waals surface area (Å²) >= 11 is 0. The first kappa shape index (κ1) is 17.2. The molecule has 3 rings (SSSR count). The monoisotopic (exact) mass is 351 g/mol. The molecule has 2 N–H and O–H groups in total. The van der Waals surface area contributed by atoms with Crippen molar-refractivity contribution in [1.29, 1.82) is 0 Å². The van der Waals surface area contributed by atoms with Gasteiger partial charge in [0, 0.05) is 18.3 Å². The minimum Gasteiger partial charge on any atom is -0.471 e. The van der Waals surface area contributed by atoms with Gasteiger partial charge in [-0.2, -0.15) is 0 Å². The summed E-state index contributed by atoms with van der Waals surface area (Å²) in [6.45, 7) is 1.74. The summed E-state index contributed by atoms with van der Waals surface area (Å²) in [6.07, 6.45) is 0. The van der Waals surface area contributed by atoms with Gasteiger partial charge in [0.25, 0.3) is 11.8 Å². The number of hydrogen-bond donors (Lipinski definition) is 2. The van der Waals surface area contributed by atoms with Crippen molar-refractivity contribution in [3.05, 3.63) is 72.0 Å². The zero-order valence-electron chi connectivity index (χ0n) is 14.1. The summed E-state index contributed by atoms with van der Waals surface area (Å²) in [6, 6.07) is 17.8. The second kappa shape index (κ2) is 7.98. The largest absolute Gasteiger partial charge is 0.471 e. The lowest BCUT2D eigenvalue weighted by Crippen LogP contribution is -2.11. The number of nitrogens with zero attached hydrogens (tertiary/aromatic N) is 1. The van der Waals surface area contributed by atoms with Gasteiger partial charge < -0.3 is 19.9 Å². The van der Waals surface area contributed by atoms with Gasteiger partial charge >= 0.3 is 0 Å². The maximum Gasteiger partial charge on any atom is 0.294 e. The lowest BCUT2D eigenvalue weighted by atomic mass is 10.2. The highest BCUT2D eigenvalue weighted by molar-refractivity contribution is 6.02. The highest BCUT2D eigenvalue weighted by Gasteiger charge is 2.14. The standard InChI is InChI=1S/C19H17N3O4/c1-13(23)20-15-8-5-9-16(10-15)21-19(24)17-11-18(22-26-17)25-12-14-6-3-2-4-7-14/h2-11H,12H2,1H3,(H,20,23)(H,21,24). The van der Waals surface area contributed by atoms with Crippen LogP contribution in [0.25, 0.3) is 0 Å². The van der Waals surface area contributed by atoms with E-state index in [9.17, 15) is 9.59 Å². The highest BCUT2D eigenvalue weighted by atomic mass is 16.5. The number of carbonyl (C=O) groups is 2. The zero-order chi connectivity index (χ0) is 18.4. The van der Waals surface area contributed by atoms with Gasteiger partial charge in [-0.3, -0.25) is 9.59 Å². The van der Waals surface area contributed by atoms with Crippen LogP contribution in [0.3, 0.4) is 0 Å². The van der Waals surface area contributed by atoms with E-state index >= 15 is 0 Å². The molecule has 0 fully saturated rings. The van der Waals surface area contributed by atoms with E-state index in [1.807, 2.05) is 30.3 Å². The van der Waals surface area contributed by atoms with Crippen LogP contribution in [0.1, 0.15) is 23.0 Å². The van der Waals surface area contributed by atoms with E-state index in [1.165, 1.54) is 13.0 Å². The van der Waals surface area contributed by atoms with Crippen LogP contribution in [0.5, 0.6) is 5.88 Å². The van der Waals surface area contributed by atoms with Crippen molar-refractivity contribution in [2.75, 3.05) is 10.6 Å². The van der Waals surface area contributed by atoms with Gasteiger partial charge in [-0.05, 0) is 28.9 Å². The van der Waals surface area contributed by atoms with Gasteiger partial charge in [0.2, 0.25) is 11.7 Å². The molecular formula is C19H17N3O4. The normalized spacial score (nSPS) is 10.2. The van der Waals surface area contributed by atoms with Crippen LogP contribution in [0, 0.1) is 0 Å². The lowest BCUT2D eigenvalue weighted by Gasteiger charge is -2.06. The number of carbonyl (C=O) groups excluding carboxylic acids is 2. The van der Waals surface area contributed by atoms with Crippen molar-refractivity contribution >= 4 is 23.2 Å². The summed E-state index contributed by atoms with van der Waals surface area (Å²) in [5.41, 5.74) is 2.08. The Balaban J connectivity index is 1.60. The number of benzene rings is 2. The molecule has 1 aromatic heterocycles. The Labute approximate surface area is 150 Å². The van der Waals surface area contributed by atoms with E-state index in [0.29, 0.717) is 18.0 Å². The number of nitrogens with one attached hydrogen (secondary N) is 2. The van der Waals surface area contributed by atoms with Crippen LogP contribution in [-0.4, -0.2) is 17.0 Å². The van der Waals surface area contributed by atoms with Crippen LogP contribution in [0.2, 0.25) is 0 Å². The van der Waals surface area contributed by atoms with Crippen molar-refractivity contribution in [3.63, 3.8) is 0 Å². The molecule has 0 aliphatic rings. The first-order chi connectivity index (χ1) is 12.6. The molecular weight excluding hydrogens is 334 g/mol. The number of amides is 2. The Morgan fingerprint density at radius 2 is 1.73 bits per heavy atom. The molecule has 0 radical (unpaired) electrons. The number of anilines is 2. The Morgan fingerprint density at radius 1 is 1.00 bits per heavy atom. The van der Waals surface area contributed by atoms with Gasteiger partial charge in [0.15, 0.2) is 0 Å². The van der Waals surface area contributed by atoms with Crippen molar-refractivity contribution < 1.29 is 18.8 Å². The van der Waals surface area contributed by atoms with E-state index in [4.69, 9.17) is 9.26 Å². The maximum atomic E-state index is 12.2. The van der Waals surface area contributed by atoms with Crippen LogP contribution >= 0.6 is 0 Å². The highest BCUT2D eigenvalue weighted by Crippen LogP contribution is 2.18. The molecule has 7 nitrogen and oxygen atoms in total. The molecule has 26 heavy (non-hydrogen) atoms. The van der Waals surface area contributed by atoms with E-state index in [0.717, 1.165) is 5.56 Å². The number of rotatable bonds is 6. The predicted molar refractivity (Wildman–Crippen MR) is 96.0 cm³/mol. The predicted octanol–water partition coefficient (Wildman–Crippen LogP) is 3.46. The first-order valence-electron chi connectivity index (χ1n) is 7.92. The average Bonchev–Trinajstić information content (AvgIpc) is 3.10. The molecule has 1 heterocycles. The Morgan fingerprint density at radius 3 is 2.46 bits per heavy atom. The third-order valence-electron chi connectivity index (χ3n) is 3.38. The molecule has 2 amide bonds. The van der Waals surface area contributed by atoms with Gasteiger partial charge in [-0.25, -0.2) is 0 Å². The Bertz CT molecular complexity index is 906. The molecule has 0 unspecified atom stereocenters. The molecule has 2 aromatic carbocycles. The van der Waals surface area contributed by atoms with E-state index < -0.39 is 5.91 Å². The summed E-state index contributed by atoms with van der Waals surface area (Å²) < 4.78 is 10.5. The first-order valence-corrected chi connectivity index (χ1v) is 7.92. The minimum atomic E-state index is -0.466. The van der Waals surface area contributed by atoms with E-state index in [-0.39, 0.29) is 17.5 Å². The third kappa shape index (κ3) is 4.70. The van der Waals surface area contributed by atoms with Gasteiger partial charge in [0.1, 0.15) is 6.61 Å². The number of hydrogen-bond acceptors (Lipinski definition) is 5. The Hall–Kier alpha value is -3.61. The minimum absolute atomic E-state index is 0.0259. The molecule has 0 atom stereocenters. The second-order valence-corrected chi connectivity index (χ2v) is 5.52. The summed E-state index contributed by atoms with van der Waals surface area (Å²) in [4.78, 5) is 23.3. The summed E-state index contributed by atoms with van der Waals surface area (Å²) in [5.74, 6) is -0.403. The fourth-order valence-electron chi connectivity index (χ4n) is 2.24. The van der Waals surface area contributed by atoms with Crippen LogP contribution in [0.15, 0.2) is 65.2 Å². The van der Waals surface area contributed by atoms with Gasteiger partial charge in [-0.1, -0.05) is 36.4 Å². The molecule has 3 aromatic rings. The SMILES string of the molecule is CC(=O)Nc1cccc(NC(=O)c2cc(OCc3ccccc3)no2)c1. The Kier molecular flexibility index (Phi) is 5.28. The second-order valence-electron chi connectivity index (χ2n) is 5.52. The summed E-state index contributed by atoms with van der Waals surface area (Å²) in [5, 5.41) is 9.06. The van der Waals surface area contributed by atoms with E-state index in [2.05, 4.69) is 15.8 Å². The lowest BCUT2D eigenvalue weighted by molar-refractivity contribution is -0.114.